The molecule has 0 aromatic rings. The monoisotopic (exact) mass is 303 g/mol. The second kappa shape index (κ2) is 17.9. The van der Waals surface area contributed by atoms with Gasteiger partial charge in [-0.2, -0.15) is 0 Å². The van der Waals surface area contributed by atoms with Gasteiger partial charge in [-0.1, -0.05) is 51.9 Å². The van der Waals surface area contributed by atoms with Gasteiger partial charge in [-0.3, -0.25) is 4.90 Å². The summed E-state index contributed by atoms with van der Waals surface area (Å²) in [6.07, 6.45) is 11.6. The number of hydrogen-bond donors (Lipinski definition) is 2. The van der Waals surface area contributed by atoms with Crippen LogP contribution in [0.3, 0.4) is 0 Å². The topological polar surface area (TPSA) is 52.9 Å². The van der Waals surface area contributed by atoms with E-state index in [0.717, 1.165) is 26.2 Å². The van der Waals surface area contributed by atoms with E-state index in [2.05, 4.69) is 11.8 Å². The van der Waals surface area contributed by atoms with Crippen LogP contribution in [0.2, 0.25) is 0 Å². The molecule has 0 aromatic heterocycles. The van der Waals surface area contributed by atoms with Crippen molar-refractivity contribution < 1.29 is 14.9 Å². The second-order valence-corrected chi connectivity index (χ2v) is 5.73. The van der Waals surface area contributed by atoms with Crippen LogP contribution in [0.4, 0.5) is 0 Å². The summed E-state index contributed by atoms with van der Waals surface area (Å²) >= 11 is 0. The van der Waals surface area contributed by atoms with E-state index in [1.807, 2.05) is 0 Å². The van der Waals surface area contributed by atoms with E-state index in [4.69, 9.17) is 14.9 Å². The molecule has 0 bridgehead atoms. The van der Waals surface area contributed by atoms with Crippen LogP contribution >= 0.6 is 0 Å². The molecule has 0 spiro atoms. The first-order valence-corrected chi connectivity index (χ1v) is 8.87. The van der Waals surface area contributed by atoms with Crippen molar-refractivity contribution in [2.75, 3.05) is 46.1 Å². The van der Waals surface area contributed by atoms with Gasteiger partial charge in [0.1, 0.15) is 0 Å². The highest BCUT2D eigenvalue weighted by Gasteiger charge is 2.02. The van der Waals surface area contributed by atoms with Gasteiger partial charge in [0.2, 0.25) is 0 Å². The maximum absolute atomic E-state index is 8.90. The van der Waals surface area contributed by atoms with Gasteiger partial charge < -0.3 is 14.9 Å². The van der Waals surface area contributed by atoms with Crippen LogP contribution in [0.25, 0.3) is 0 Å². The Hall–Kier alpha value is -0.160. The maximum Gasteiger partial charge on any atom is 0.0558 e. The Kier molecular flexibility index (Phi) is 17.8. The lowest BCUT2D eigenvalue weighted by molar-refractivity contribution is 0.107. The molecule has 0 amide bonds. The molecule has 0 heterocycles. The maximum atomic E-state index is 8.90. The Morgan fingerprint density at radius 3 is 1.76 bits per heavy atom. The van der Waals surface area contributed by atoms with Gasteiger partial charge in [0.15, 0.2) is 0 Å². The summed E-state index contributed by atoms with van der Waals surface area (Å²) in [7, 11) is 0. The molecule has 4 heteroatoms. The van der Waals surface area contributed by atoms with Crippen LogP contribution in [-0.2, 0) is 4.74 Å². The second-order valence-electron chi connectivity index (χ2n) is 5.73. The van der Waals surface area contributed by atoms with Gasteiger partial charge in [-0.25, -0.2) is 0 Å². The average Bonchev–Trinajstić information content (AvgIpc) is 2.48. The van der Waals surface area contributed by atoms with Crippen LogP contribution in [0.5, 0.6) is 0 Å². The zero-order valence-corrected chi connectivity index (χ0v) is 14.1. The summed E-state index contributed by atoms with van der Waals surface area (Å²) < 4.78 is 5.63. The Bertz CT molecular complexity index is 185. The molecule has 0 aliphatic carbocycles. The van der Waals surface area contributed by atoms with E-state index in [1.165, 1.54) is 51.4 Å². The van der Waals surface area contributed by atoms with Gasteiger partial charge in [0, 0.05) is 32.8 Å². The summed E-state index contributed by atoms with van der Waals surface area (Å²) in [5.74, 6) is 0. The van der Waals surface area contributed by atoms with Crippen LogP contribution in [-0.4, -0.2) is 61.2 Å². The van der Waals surface area contributed by atoms with Crippen molar-refractivity contribution in [2.24, 2.45) is 0 Å². The molecule has 0 aromatic carbocycles. The van der Waals surface area contributed by atoms with E-state index >= 15 is 0 Å². The quantitative estimate of drug-likeness (QED) is 0.406. The third-order valence-electron chi connectivity index (χ3n) is 3.74. The molecule has 0 saturated carbocycles. The molecule has 21 heavy (non-hydrogen) atoms. The van der Waals surface area contributed by atoms with Gasteiger partial charge >= 0.3 is 0 Å². The smallest absolute Gasteiger partial charge is 0.0558 e. The zero-order chi connectivity index (χ0) is 15.6. The zero-order valence-electron chi connectivity index (χ0n) is 14.1. The normalized spacial score (nSPS) is 11.4. The summed E-state index contributed by atoms with van der Waals surface area (Å²) in [4.78, 5) is 2.07. The lowest BCUT2D eigenvalue weighted by Gasteiger charge is -2.19. The minimum atomic E-state index is 0.152. The molecule has 0 fully saturated rings. The number of aliphatic hydroxyl groups is 2. The van der Waals surface area contributed by atoms with Crippen molar-refractivity contribution in [1.82, 2.24) is 4.90 Å². The predicted octanol–water partition coefficient (Wildman–Crippen LogP) is 2.82. The largest absolute Gasteiger partial charge is 0.395 e. The van der Waals surface area contributed by atoms with E-state index in [-0.39, 0.29) is 13.2 Å². The summed E-state index contributed by atoms with van der Waals surface area (Å²) in [6.45, 7) is 6.37. The van der Waals surface area contributed by atoms with E-state index < -0.39 is 0 Å². The van der Waals surface area contributed by atoms with Crippen LogP contribution in [0.1, 0.15) is 64.7 Å². The molecule has 2 N–H and O–H groups in total. The molecule has 4 nitrogen and oxygen atoms in total. The molecule has 0 saturated heterocycles. The minimum Gasteiger partial charge on any atom is -0.395 e. The SMILES string of the molecule is CCCCCCCCCCOCCCN(CCO)CCO. The average molecular weight is 303 g/mol. The molecular formula is C17H37NO3. The lowest BCUT2D eigenvalue weighted by Crippen LogP contribution is -2.31. The van der Waals surface area contributed by atoms with Crippen LogP contribution in [0.15, 0.2) is 0 Å². The molecule has 0 atom stereocenters. The fourth-order valence-corrected chi connectivity index (χ4v) is 2.45. The molecule has 0 aliphatic heterocycles. The van der Waals surface area contributed by atoms with Crippen molar-refractivity contribution in [3.63, 3.8) is 0 Å². The Labute approximate surface area is 131 Å². The highest BCUT2D eigenvalue weighted by Crippen LogP contribution is 2.08. The van der Waals surface area contributed by atoms with E-state index in [0.29, 0.717) is 13.1 Å². The Morgan fingerprint density at radius 1 is 0.667 bits per heavy atom. The van der Waals surface area contributed by atoms with Crippen molar-refractivity contribution in [3.8, 4) is 0 Å². The number of nitrogens with zero attached hydrogens (tertiary/aromatic N) is 1. The first-order chi connectivity index (χ1) is 10.3. The highest BCUT2D eigenvalue weighted by atomic mass is 16.5. The number of unbranched alkanes of at least 4 members (excludes halogenated alkanes) is 7. The highest BCUT2D eigenvalue weighted by molar-refractivity contribution is 4.56. The number of aliphatic hydroxyl groups excluding tert-OH is 2. The molecule has 0 unspecified atom stereocenters. The lowest BCUT2D eigenvalue weighted by atomic mass is 10.1. The standard InChI is InChI=1S/C17H37NO3/c1-2-3-4-5-6-7-8-9-16-21-17-10-11-18(12-14-19)13-15-20/h19-20H,2-17H2,1H3. The number of ether oxygens (including phenoxy) is 1. The Morgan fingerprint density at radius 2 is 1.19 bits per heavy atom. The van der Waals surface area contributed by atoms with Gasteiger partial charge in [-0.15, -0.1) is 0 Å². The first kappa shape index (κ1) is 20.8. The molecular weight excluding hydrogens is 266 g/mol. The van der Waals surface area contributed by atoms with E-state index in [9.17, 15) is 0 Å². The van der Waals surface area contributed by atoms with E-state index in [1.54, 1.807) is 0 Å². The van der Waals surface area contributed by atoms with Crippen molar-refractivity contribution in [1.29, 1.82) is 0 Å². The Balaban J connectivity index is 3.17. The number of rotatable bonds is 17. The fraction of sp³-hybridized carbons (Fsp3) is 1.00. The van der Waals surface area contributed by atoms with Crippen LogP contribution < -0.4 is 0 Å². The van der Waals surface area contributed by atoms with Gasteiger partial charge in [0.05, 0.1) is 13.2 Å². The third-order valence-corrected chi connectivity index (χ3v) is 3.74. The molecule has 0 radical (unpaired) electrons. The van der Waals surface area contributed by atoms with Gasteiger partial charge in [-0.05, 0) is 12.8 Å². The molecule has 0 rings (SSSR count). The fourth-order valence-electron chi connectivity index (χ4n) is 2.45. The van der Waals surface area contributed by atoms with Crippen molar-refractivity contribution in [2.45, 2.75) is 64.7 Å². The van der Waals surface area contributed by atoms with Gasteiger partial charge in [0.25, 0.3) is 0 Å². The number of hydrogen-bond acceptors (Lipinski definition) is 4. The van der Waals surface area contributed by atoms with Crippen LogP contribution in [0, 0.1) is 0 Å². The predicted molar refractivity (Wildman–Crippen MR) is 88.7 cm³/mol. The minimum absolute atomic E-state index is 0.152. The summed E-state index contributed by atoms with van der Waals surface area (Å²) in [5.41, 5.74) is 0. The first-order valence-electron chi connectivity index (χ1n) is 8.87. The molecule has 0 aliphatic rings. The third kappa shape index (κ3) is 16.0. The summed E-state index contributed by atoms with van der Waals surface area (Å²) in [5, 5.41) is 17.8. The van der Waals surface area contributed by atoms with Crippen molar-refractivity contribution in [3.05, 3.63) is 0 Å². The van der Waals surface area contributed by atoms with Crippen molar-refractivity contribution >= 4 is 0 Å². The molecule has 128 valence electrons. The summed E-state index contributed by atoms with van der Waals surface area (Å²) in [6, 6.07) is 0.